The highest BCUT2D eigenvalue weighted by Crippen LogP contribution is 2.20. The van der Waals surface area contributed by atoms with Gasteiger partial charge >= 0.3 is 0 Å². The molecule has 20 heavy (non-hydrogen) atoms. The molecule has 0 bridgehead atoms. The van der Waals surface area contributed by atoms with E-state index in [4.69, 9.17) is 0 Å². The Morgan fingerprint density at radius 2 is 1.70 bits per heavy atom. The third kappa shape index (κ3) is 2.66. The second-order valence-electron chi connectivity index (χ2n) is 4.56. The van der Waals surface area contributed by atoms with E-state index in [1.54, 1.807) is 50.5 Å². The predicted molar refractivity (Wildman–Crippen MR) is 78.1 cm³/mol. The van der Waals surface area contributed by atoms with Crippen molar-refractivity contribution in [2.75, 3.05) is 7.05 Å². The van der Waals surface area contributed by atoms with Gasteiger partial charge in [-0.05, 0) is 43.3 Å². The Bertz CT molecular complexity index is 764. The normalized spacial score (nSPS) is 11.6. The maximum Gasteiger partial charge on any atom is 0.253 e. The summed E-state index contributed by atoms with van der Waals surface area (Å²) in [5.74, 6) is 0. The van der Waals surface area contributed by atoms with E-state index in [0.29, 0.717) is 5.56 Å². The van der Waals surface area contributed by atoms with Gasteiger partial charge in [0, 0.05) is 18.8 Å². The largest absolute Gasteiger partial charge is 0.318 e. The lowest BCUT2D eigenvalue weighted by Gasteiger charge is -2.07. The summed E-state index contributed by atoms with van der Waals surface area (Å²) in [7, 11) is -0.358. The van der Waals surface area contributed by atoms with Gasteiger partial charge in [-0.25, -0.2) is 13.1 Å². The van der Waals surface area contributed by atoms with E-state index in [0.717, 1.165) is 11.1 Å². The number of pyridine rings is 1. The molecule has 0 saturated heterocycles. The first-order valence-electron chi connectivity index (χ1n) is 6.06. The zero-order valence-electron chi connectivity index (χ0n) is 11.5. The number of aromatic nitrogens is 1. The van der Waals surface area contributed by atoms with Crippen molar-refractivity contribution >= 4 is 10.0 Å². The number of nitrogens with zero attached hydrogens (tertiary/aromatic N) is 1. The Morgan fingerprint density at radius 3 is 2.20 bits per heavy atom. The molecule has 106 valence electrons. The molecule has 0 aliphatic heterocycles. The lowest BCUT2D eigenvalue weighted by Crippen LogP contribution is -2.19. The fraction of sp³-hybridized carbons (Fsp3) is 0.214. The molecule has 0 spiro atoms. The van der Waals surface area contributed by atoms with Crippen molar-refractivity contribution in [3.8, 4) is 11.1 Å². The third-order valence-corrected chi connectivity index (χ3v) is 4.56. The molecule has 2 rings (SSSR count). The highest BCUT2D eigenvalue weighted by Gasteiger charge is 2.11. The Kier molecular flexibility index (Phi) is 3.78. The second-order valence-corrected chi connectivity index (χ2v) is 6.45. The van der Waals surface area contributed by atoms with Crippen molar-refractivity contribution in [3.63, 3.8) is 0 Å². The van der Waals surface area contributed by atoms with Crippen molar-refractivity contribution in [1.82, 2.24) is 9.29 Å². The molecule has 1 aromatic carbocycles. The molecular weight excluding hydrogens is 276 g/mol. The van der Waals surface area contributed by atoms with E-state index in [2.05, 4.69) is 4.72 Å². The summed E-state index contributed by atoms with van der Waals surface area (Å²) in [6.07, 6.45) is 1.73. The van der Waals surface area contributed by atoms with Gasteiger partial charge in [0.05, 0.1) is 4.90 Å². The van der Waals surface area contributed by atoms with Crippen LogP contribution in [0.15, 0.2) is 46.2 Å². The molecule has 0 saturated carbocycles. The van der Waals surface area contributed by atoms with E-state index in [-0.39, 0.29) is 10.5 Å². The molecule has 0 unspecified atom stereocenters. The lowest BCUT2D eigenvalue weighted by atomic mass is 10.1. The molecule has 6 heteroatoms. The monoisotopic (exact) mass is 292 g/mol. The van der Waals surface area contributed by atoms with E-state index < -0.39 is 10.0 Å². The second kappa shape index (κ2) is 5.22. The van der Waals surface area contributed by atoms with Gasteiger partial charge in [-0.15, -0.1) is 0 Å². The molecule has 0 aliphatic rings. The highest BCUT2D eigenvalue weighted by molar-refractivity contribution is 7.89. The van der Waals surface area contributed by atoms with E-state index in [1.165, 1.54) is 11.6 Å². The van der Waals surface area contributed by atoms with Crippen molar-refractivity contribution in [3.05, 3.63) is 52.4 Å². The Morgan fingerprint density at radius 1 is 1.10 bits per heavy atom. The zero-order chi connectivity index (χ0) is 14.9. The molecule has 1 aromatic heterocycles. The van der Waals surface area contributed by atoms with Gasteiger partial charge in [-0.1, -0.05) is 12.1 Å². The molecule has 0 radical (unpaired) electrons. The van der Waals surface area contributed by atoms with Gasteiger partial charge in [0.2, 0.25) is 10.0 Å². The van der Waals surface area contributed by atoms with E-state index in [1.807, 2.05) is 0 Å². The summed E-state index contributed by atoms with van der Waals surface area (Å²) in [5.41, 5.74) is 2.34. The summed E-state index contributed by atoms with van der Waals surface area (Å²) in [6.45, 7) is 1.76. The van der Waals surface area contributed by atoms with Crippen LogP contribution >= 0.6 is 0 Å². The minimum atomic E-state index is -3.43. The number of rotatable bonds is 3. The molecule has 0 amide bonds. The van der Waals surface area contributed by atoms with Crippen LogP contribution in [-0.2, 0) is 17.1 Å². The first-order chi connectivity index (χ1) is 9.35. The summed E-state index contributed by atoms with van der Waals surface area (Å²) in [6, 6.07) is 8.33. The van der Waals surface area contributed by atoms with Gasteiger partial charge < -0.3 is 4.57 Å². The topological polar surface area (TPSA) is 68.2 Å². The van der Waals surface area contributed by atoms with Crippen molar-refractivity contribution in [1.29, 1.82) is 0 Å². The number of sulfonamides is 1. The standard InChI is InChI=1S/C14H16N2O3S/c1-10-8-12(9-16(3)14(10)17)11-4-6-13(7-5-11)20(18,19)15-2/h4-9,15H,1-3H3. The van der Waals surface area contributed by atoms with Gasteiger partial charge in [0.1, 0.15) is 0 Å². The summed E-state index contributed by atoms with van der Waals surface area (Å²) < 4.78 is 27.1. The molecule has 0 atom stereocenters. The van der Waals surface area contributed by atoms with Crippen molar-refractivity contribution in [2.24, 2.45) is 7.05 Å². The SMILES string of the molecule is CNS(=O)(=O)c1ccc(-c2cc(C)c(=O)n(C)c2)cc1. The molecule has 0 fully saturated rings. The number of hydrogen-bond donors (Lipinski definition) is 1. The van der Waals surface area contributed by atoms with Crippen LogP contribution in [-0.4, -0.2) is 20.0 Å². The fourth-order valence-corrected chi connectivity index (χ4v) is 2.71. The van der Waals surface area contributed by atoms with Gasteiger partial charge in [-0.3, -0.25) is 4.79 Å². The van der Waals surface area contributed by atoms with E-state index in [9.17, 15) is 13.2 Å². The van der Waals surface area contributed by atoms with Gasteiger partial charge in [-0.2, -0.15) is 0 Å². The quantitative estimate of drug-likeness (QED) is 0.926. The van der Waals surface area contributed by atoms with Gasteiger partial charge in [0.25, 0.3) is 5.56 Å². The molecule has 5 nitrogen and oxygen atoms in total. The average Bonchev–Trinajstić information content (AvgIpc) is 2.44. The highest BCUT2D eigenvalue weighted by atomic mass is 32.2. The number of hydrogen-bond acceptors (Lipinski definition) is 3. The minimum absolute atomic E-state index is 0.0388. The van der Waals surface area contributed by atoms with Crippen molar-refractivity contribution < 1.29 is 8.42 Å². The van der Waals surface area contributed by atoms with Crippen LogP contribution in [0.5, 0.6) is 0 Å². The molecular formula is C14H16N2O3S. The molecule has 1 heterocycles. The van der Waals surface area contributed by atoms with Crippen LogP contribution in [0.1, 0.15) is 5.56 Å². The lowest BCUT2D eigenvalue weighted by molar-refractivity contribution is 0.588. The first kappa shape index (κ1) is 14.5. The zero-order valence-corrected chi connectivity index (χ0v) is 12.4. The van der Waals surface area contributed by atoms with Crippen LogP contribution in [0.25, 0.3) is 11.1 Å². The van der Waals surface area contributed by atoms with Crippen LogP contribution in [0.4, 0.5) is 0 Å². The van der Waals surface area contributed by atoms with Crippen LogP contribution in [0, 0.1) is 6.92 Å². The first-order valence-corrected chi connectivity index (χ1v) is 7.55. The average molecular weight is 292 g/mol. The maximum absolute atomic E-state index is 11.7. The summed E-state index contributed by atoms with van der Waals surface area (Å²) >= 11 is 0. The minimum Gasteiger partial charge on any atom is -0.318 e. The number of benzene rings is 1. The van der Waals surface area contributed by atoms with Crippen LogP contribution in [0.2, 0.25) is 0 Å². The third-order valence-electron chi connectivity index (χ3n) is 3.13. The number of nitrogens with one attached hydrogen (secondary N) is 1. The Balaban J connectivity index is 2.48. The number of aryl methyl sites for hydroxylation is 2. The molecule has 2 aromatic rings. The van der Waals surface area contributed by atoms with E-state index >= 15 is 0 Å². The Labute approximate surface area is 117 Å². The maximum atomic E-state index is 11.7. The summed E-state index contributed by atoms with van der Waals surface area (Å²) in [5, 5.41) is 0. The van der Waals surface area contributed by atoms with Gasteiger partial charge in [0.15, 0.2) is 0 Å². The molecule has 0 aliphatic carbocycles. The Hall–Kier alpha value is -1.92. The smallest absolute Gasteiger partial charge is 0.253 e. The molecule has 1 N–H and O–H groups in total. The van der Waals surface area contributed by atoms with Crippen LogP contribution in [0.3, 0.4) is 0 Å². The summed E-state index contributed by atoms with van der Waals surface area (Å²) in [4.78, 5) is 11.9. The predicted octanol–water partition coefficient (Wildman–Crippen LogP) is 1.27. The van der Waals surface area contributed by atoms with Crippen molar-refractivity contribution in [2.45, 2.75) is 11.8 Å². The fourth-order valence-electron chi connectivity index (χ4n) is 1.98. The van der Waals surface area contributed by atoms with Crippen LogP contribution < -0.4 is 10.3 Å².